The lowest BCUT2D eigenvalue weighted by atomic mass is 10.2. The lowest BCUT2D eigenvalue weighted by molar-refractivity contribution is 0.174. The second-order valence-corrected chi connectivity index (χ2v) is 5.51. The smallest absolute Gasteiger partial charge is 0.231 e. The van der Waals surface area contributed by atoms with Crippen LogP contribution in [0.3, 0.4) is 0 Å². The summed E-state index contributed by atoms with van der Waals surface area (Å²) in [6.45, 7) is 1.83. The molecule has 2 aromatic heterocycles. The second kappa shape index (κ2) is 5.89. The van der Waals surface area contributed by atoms with Crippen LogP contribution in [0, 0.1) is 0 Å². The van der Waals surface area contributed by atoms with E-state index in [1.54, 1.807) is 12.4 Å². The normalized spacial score (nSPS) is 12.9. The van der Waals surface area contributed by atoms with Gasteiger partial charge in [-0.2, -0.15) is 0 Å². The zero-order chi connectivity index (χ0) is 15.6. The number of rotatable bonds is 5. The highest BCUT2D eigenvalue weighted by atomic mass is 16.7. The third-order valence-corrected chi connectivity index (χ3v) is 4.02. The fourth-order valence-electron chi connectivity index (χ4n) is 2.88. The number of imidazole rings is 1. The Morgan fingerprint density at radius 2 is 1.87 bits per heavy atom. The van der Waals surface area contributed by atoms with Crippen molar-refractivity contribution < 1.29 is 9.47 Å². The van der Waals surface area contributed by atoms with Crippen molar-refractivity contribution in [2.45, 2.75) is 19.4 Å². The van der Waals surface area contributed by atoms with Crippen molar-refractivity contribution in [3.63, 3.8) is 0 Å². The molecule has 3 heterocycles. The quantitative estimate of drug-likeness (QED) is 0.733. The molecule has 1 aliphatic heterocycles. The number of benzene rings is 1. The SMILES string of the molecule is NCCCCn1c(-c2ccncc2)nc2cc3c(cc21)OCO3. The molecule has 0 saturated heterocycles. The van der Waals surface area contributed by atoms with E-state index in [-0.39, 0.29) is 6.79 Å². The molecule has 23 heavy (non-hydrogen) atoms. The van der Waals surface area contributed by atoms with Crippen LogP contribution in [0.1, 0.15) is 12.8 Å². The van der Waals surface area contributed by atoms with Crippen molar-refractivity contribution in [1.29, 1.82) is 0 Å². The molecule has 118 valence electrons. The first-order valence-corrected chi connectivity index (χ1v) is 7.77. The number of nitrogens with two attached hydrogens (primary N) is 1. The molecule has 0 radical (unpaired) electrons. The van der Waals surface area contributed by atoms with Crippen LogP contribution in [0.5, 0.6) is 11.5 Å². The predicted molar refractivity (Wildman–Crippen MR) is 87.4 cm³/mol. The molecule has 0 aliphatic carbocycles. The van der Waals surface area contributed by atoms with Crippen molar-refractivity contribution in [3.05, 3.63) is 36.7 Å². The molecular weight excluding hydrogens is 292 g/mol. The summed E-state index contributed by atoms with van der Waals surface area (Å²) in [7, 11) is 0. The average molecular weight is 310 g/mol. The molecule has 3 aromatic rings. The number of ether oxygens (including phenoxy) is 2. The molecule has 6 heteroatoms. The van der Waals surface area contributed by atoms with Crippen LogP contribution in [0.15, 0.2) is 36.7 Å². The van der Waals surface area contributed by atoms with Crippen LogP contribution in [-0.2, 0) is 6.54 Å². The monoisotopic (exact) mass is 310 g/mol. The van der Waals surface area contributed by atoms with E-state index in [0.29, 0.717) is 6.54 Å². The Morgan fingerprint density at radius 3 is 2.65 bits per heavy atom. The maximum absolute atomic E-state index is 5.63. The lowest BCUT2D eigenvalue weighted by Gasteiger charge is -2.09. The van der Waals surface area contributed by atoms with Crippen LogP contribution < -0.4 is 15.2 Å². The number of hydrogen-bond donors (Lipinski definition) is 1. The zero-order valence-corrected chi connectivity index (χ0v) is 12.7. The van der Waals surface area contributed by atoms with E-state index < -0.39 is 0 Å². The van der Waals surface area contributed by atoms with Crippen molar-refractivity contribution in [1.82, 2.24) is 14.5 Å². The van der Waals surface area contributed by atoms with E-state index in [9.17, 15) is 0 Å². The minimum atomic E-state index is 0.270. The van der Waals surface area contributed by atoms with E-state index in [4.69, 9.17) is 20.2 Å². The van der Waals surface area contributed by atoms with Gasteiger partial charge in [-0.15, -0.1) is 0 Å². The topological polar surface area (TPSA) is 75.2 Å². The Bertz CT molecular complexity index is 829. The van der Waals surface area contributed by atoms with E-state index in [0.717, 1.165) is 53.3 Å². The summed E-state index contributed by atoms with van der Waals surface area (Å²) in [4.78, 5) is 8.89. The fraction of sp³-hybridized carbons (Fsp3) is 0.294. The minimum Gasteiger partial charge on any atom is -0.454 e. The molecule has 1 aliphatic rings. The first kappa shape index (κ1) is 14.0. The third kappa shape index (κ3) is 2.51. The van der Waals surface area contributed by atoms with Crippen molar-refractivity contribution in [2.75, 3.05) is 13.3 Å². The molecule has 0 unspecified atom stereocenters. The van der Waals surface area contributed by atoms with Crippen molar-refractivity contribution in [2.24, 2.45) is 5.73 Å². The molecule has 0 saturated carbocycles. The number of fused-ring (bicyclic) bond motifs is 2. The van der Waals surface area contributed by atoms with E-state index in [1.165, 1.54) is 0 Å². The van der Waals surface area contributed by atoms with Crippen LogP contribution in [0.4, 0.5) is 0 Å². The second-order valence-electron chi connectivity index (χ2n) is 5.51. The Morgan fingerprint density at radius 1 is 1.09 bits per heavy atom. The molecular formula is C17H18N4O2. The fourth-order valence-corrected chi connectivity index (χ4v) is 2.88. The third-order valence-electron chi connectivity index (χ3n) is 4.02. The molecule has 0 bridgehead atoms. The summed E-state index contributed by atoms with van der Waals surface area (Å²) in [6, 6.07) is 7.91. The first-order valence-electron chi connectivity index (χ1n) is 7.77. The Kier molecular flexibility index (Phi) is 3.59. The molecule has 0 amide bonds. The van der Waals surface area contributed by atoms with Crippen molar-refractivity contribution in [3.8, 4) is 22.9 Å². The van der Waals surface area contributed by atoms with Gasteiger partial charge in [0.1, 0.15) is 5.82 Å². The molecule has 0 spiro atoms. The molecule has 0 fully saturated rings. The largest absolute Gasteiger partial charge is 0.454 e. The van der Waals surface area contributed by atoms with E-state index >= 15 is 0 Å². The van der Waals surface area contributed by atoms with Gasteiger partial charge in [-0.25, -0.2) is 4.98 Å². The van der Waals surface area contributed by atoms with Gasteiger partial charge in [0.05, 0.1) is 11.0 Å². The zero-order valence-electron chi connectivity index (χ0n) is 12.7. The number of pyridine rings is 1. The van der Waals surface area contributed by atoms with E-state index in [2.05, 4.69) is 9.55 Å². The van der Waals surface area contributed by atoms with Crippen molar-refractivity contribution >= 4 is 11.0 Å². The average Bonchev–Trinajstić information content (AvgIpc) is 3.18. The van der Waals surface area contributed by atoms with Crippen LogP contribution in [0.2, 0.25) is 0 Å². The summed E-state index contributed by atoms with van der Waals surface area (Å²) in [5.74, 6) is 2.47. The number of unbranched alkanes of at least 4 members (excludes halogenated alkanes) is 1. The molecule has 0 atom stereocenters. The highest BCUT2D eigenvalue weighted by Gasteiger charge is 2.19. The summed E-state index contributed by atoms with van der Waals surface area (Å²) >= 11 is 0. The molecule has 1 aromatic carbocycles. The van der Waals surface area contributed by atoms with Gasteiger partial charge in [0.25, 0.3) is 0 Å². The summed E-state index contributed by atoms with van der Waals surface area (Å²) in [5.41, 5.74) is 8.65. The van der Waals surface area contributed by atoms with Gasteiger partial charge in [0.2, 0.25) is 6.79 Å². The van der Waals surface area contributed by atoms with Gasteiger partial charge in [0.15, 0.2) is 11.5 Å². The van der Waals surface area contributed by atoms with Gasteiger partial charge < -0.3 is 19.8 Å². The van der Waals surface area contributed by atoms with Gasteiger partial charge in [-0.3, -0.25) is 4.98 Å². The maximum Gasteiger partial charge on any atom is 0.231 e. The van der Waals surface area contributed by atoms with Gasteiger partial charge in [0, 0.05) is 36.6 Å². The number of aryl methyl sites for hydroxylation is 1. The van der Waals surface area contributed by atoms with Crippen LogP contribution in [-0.4, -0.2) is 27.9 Å². The summed E-state index contributed by atoms with van der Waals surface area (Å²) in [5, 5.41) is 0. The Labute approximate surface area is 133 Å². The minimum absolute atomic E-state index is 0.270. The van der Waals surface area contributed by atoms with Gasteiger partial charge >= 0.3 is 0 Å². The highest BCUT2D eigenvalue weighted by Crippen LogP contribution is 2.37. The Hall–Kier alpha value is -2.60. The summed E-state index contributed by atoms with van der Waals surface area (Å²) < 4.78 is 13.2. The van der Waals surface area contributed by atoms with Gasteiger partial charge in [-0.1, -0.05) is 0 Å². The number of nitrogens with zero attached hydrogens (tertiary/aromatic N) is 3. The van der Waals surface area contributed by atoms with Crippen LogP contribution >= 0.6 is 0 Å². The van der Waals surface area contributed by atoms with Crippen LogP contribution in [0.25, 0.3) is 22.4 Å². The molecule has 6 nitrogen and oxygen atoms in total. The first-order chi connectivity index (χ1) is 11.4. The number of hydrogen-bond acceptors (Lipinski definition) is 5. The van der Waals surface area contributed by atoms with Gasteiger partial charge in [-0.05, 0) is 31.5 Å². The maximum atomic E-state index is 5.63. The van der Waals surface area contributed by atoms with E-state index in [1.807, 2.05) is 24.3 Å². The lowest BCUT2D eigenvalue weighted by Crippen LogP contribution is -2.04. The Balaban J connectivity index is 1.85. The predicted octanol–water partition coefficient (Wildman–Crippen LogP) is 2.57. The number of aromatic nitrogens is 3. The highest BCUT2D eigenvalue weighted by molar-refractivity contribution is 5.84. The molecule has 2 N–H and O–H groups in total. The molecule has 4 rings (SSSR count). The standard InChI is InChI=1S/C17H18N4O2/c18-5-1-2-8-21-14-10-16-15(22-11-23-16)9-13(14)20-17(21)12-3-6-19-7-4-12/h3-4,6-7,9-10H,1-2,5,8,11,18H2. The summed E-state index contributed by atoms with van der Waals surface area (Å²) in [6.07, 6.45) is 5.56.